The zero-order valence-electron chi connectivity index (χ0n) is 25.7. The number of aliphatic hydroxyl groups excluding tert-OH is 5. The average molecular weight is 698 g/mol. The number of carbonyl (C=O) groups is 2. The SMILES string of the molecule is CN(C[C@H](O)[C@@H](O)[C@H](O)[C@H](O)CO)C(=O)CCc1cc(Cl)c(CN2CSC[C@H]2C(=O)N2CCN(C3CC3)c3ccccc32)cc1Cl. The highest BCUT2D eigenvalue weighted by Crippen LogP contribution is 2.41. The monoisotopic (exact) mass is 696 g/mol. The molecule has 2 fully saturated rings. The highest BCUT2D eigenvalue weighted by molar-refractivity contribution is 7.99. The molecule has 0 bridgehead atoms. The topological polar surface area (TPSA) is 148 Å². The first-order valence-corrected chi connectivity index (χ1v) is 17.4. The van der Waals surface area contributed by atoms with Gasteiger partial charge in [-0.25, -0.2) is 0 Å². The number of nitrogens with zero attached hydrogens (tertiary/aromatic N) is 4. The molecule has 0 spiro atoms. The number of hydrogen-bond donors (Lipinski definition) is 5. The number of hydrogen-bond acceptors (Lipinski definition) is 10. The van der Waals surface area contributed by atoms with Gasteiger partial charge in [0.1, 0.15) is 24.4 Å². The van der Waals surface area contributed by atoms with E-state index in [0.29, 0.717) is 46.4 Å². The Labute approximate surface area is 283 Å². The van der Waals surface area contributed by atoms with Gasteiger partial charge in [0.25, 0.3) is 0 Å². The molecule has 11 nitrogen and oxygen atoms in total. The number of rotatable bonds is 13. The smallest absolute Gasteiger partial charge is 0.245 e. The lowest BCUT2D eigenvalue weighted by atomic mass is 10.0. The third-order valence-corrected chi connectivity index (χ3v) is 10.7. The minimum Gasteiger partial charge on any atom is -0.394 e. The summed E-state index contributed by atoms with van der Waals surface area (Å²) in [6.07, 6.45) is -3.96. The summed E-state index contributed by atoms with van der Waals surface area (Å²) in [4.78, 5) is 34.4. The fourth-order valence-electron chi connectivity index (χ4n) is 6.07. The predicted molar refractivity (Wildman–Crippen MR) is 179 cm³/mol. The van der Waals surface area contributed by atoms with Gasteiger partial charge in [-0.1, -0.05) is 35.3 Å². The molecule has 5 N–H and O–H groups in total. The summed E-state index contributed by atoms with van der Waals surface area (Å²) in [5, 5.41) is 49.4. The van der Waals surface area contributed by atoms with Crippen LogP contribution in [0.4, 0.5) is 11.4 Å². The van der Waals surface area contributed by atoms with Crippen LogP contribution in [0.5, 0.6) is 0 Å². The number of fused-ring (bicyclic) bond motifs is 1. The summed E-state index contributed by atoms with van der Waals surface area (Å²) >= 11 is 15.1. The minimum atomic E-state index is -1.77. The second kappa shape index (κ2) is 15.4. The van der Waals surface area contributed by atoms with Gasteiger partial charge in [0.2, 0.25) is 11.8 Å². The minimum absolute atomic E-state index is 0.0470. The van der Waals surface area contributed by atoms with Crippen LogP contribution in [0, 0.1) is 0 Å². The summed E-state index contributed by atoms with van der Waals surface area (Å²) in [5.74, 6) is 1.13. The van der Waals surface area contributed by atoms with Crippen molar-refractivity contribution >= 4 is 58.2 Å². The summed E-state index contributed by atoms with van der Waals surface area (Å²) < 4.78 is 0. The van der Waals surface area contributed by atoms with Crippen LogP contribution in [0.1, 0.15) is 30.4 Å². The van der Waals surface area contributed by atoms with Crippen LogP contribution >= 0.6 is 35.0 Å². The van der Waals surface area contributed by atoms with Crippen molar-refractivity contribution in [3.63, 3.8) is 0 Å². The molecule has 0 unspecified atom stereocenters. The Morgan fingerprint density at radius 1 is 0.978 bits per heavy atom. The molecule has 1 aliphatic carbocycles. The van der Waals surface area contributed by atoms with Crippen molar-refractivity contribution in [1.29, 1.82) is 0 Å². The van der Waals surface area contributed by atoms with Gasteiger partial charge in [-0.15, -0.1) is 11.8 Å². The molecule has 3 aliphatic rings. The van der Waals surface area contributed by atoms with Gasteiger partial charge in [0.05, 0.1) is 24.0 Å². The number of likely N-dealkylation sites (N-methyl/N-ethyl adjacent to an activating group) is 1. The lowest BCUT2D eigenvalue weighted by Gasteiger charge is -2.39. The molecular weight excluding hydrogens is 655 g/mol. The number of halogens is 2. The number of amides is 2. The fourth-order valence-corrected chi connectivity index (χ4v) is 7.78. The maximum absolute atomic E-state index is 13.9. The Hall–Kier alpha value is -2.13. The molecular formula is C32H42Cl2N4O7S. The van der Waals surface area contributed by atoms with E-state index in [0.717, 1.165) is 23.5 Å². The van der Waals surface area contributed by atoms with E-state index in [-0.39, 0.29) is 37.2 Å². The van der Waals surface area contributed by atoms with Crippen molar-refractivity contribution in [2.24, 2.45) is 0 Å². The Balaban J connectivity index is 1.18. The molecule has 0 radical (unpaired) electrons. The van der Waals surface area contributed by atoms with Crippen molar-refractivity contribution < 1.29 is 35.1 Å². The largest absolute Gasteiger partial charge is 0.394 e. The summed E-state index contributed by atoms with van der Waals surface area (Å²) in [6.45, 7) is 0.854. The van der Waals surface area contributed by atoms with Crippen LogP contribution in [-0.2, 0) is 22.6 Å². The van der Waals surface area contributed by atoms with Gasteiger partial charge in [-0.3, -0.25) is 14.5 Å². The molecule has 1 saturated carbocycles. The normalized spacial score (nSPS) is 21.1. The number of aryl methyl sites for hydroxylation is 1. The zero-order valence-corrected chi connectivity index (χ0v) is 28.0. The second-order valence-corrected chi connectivity index (χ2v) is 14.1. The molecule has 2 amide bonds. The fraction of sp³-hybridized carbons (Fsp3) is 0.562. The van der Waals surface area contributed by atoms with E-state index < -0.39 is 31.0 Å². The standard InChI is InChI=1S/C32H42Cl2N4O7S/c1-35(15-27(40)30(43)31(44)28(41)16-39)29(42)9-6-19-12-23(34)20(13-22(19)33)14-36-18-46-17-26(36)32(45)38-11-10-37(21-7-8-21)24-4-2-3-5-25(24)38/h2-5,12-13,21,26-28,30-31,39-41,43-44H,6-11,14-18H2,1H3/t26-,27-,28+,30+,31+/m0/s1. The lowest BCUT2D eigenvalue weighted by Crippen LogP contribution is -2.52. The van der Waals surface area contributed by atoms with Crippen molar-refractivity contribution in [3.05, 3.63) is 57.6 Å². The molecule has 5 rings (SSSR count). The Bertz CT molecular complexity index is 1400. The number of anilines is 2. The van der Waals surface area contributed by atoms with Crippen LogP contribution < -0.4 is 9.80 Å². The molecule has 14 heteroatoms. The first-order valence-electron chi connectivity index (χ1n) is 15.5. The van der Waals surface area contributed by atoms with Crippen molar-refractivity contribution in [3.8, 4) is 0 Å². The molecule has 46 heavy (non-hydrogen) atoms. The van der Waals surface area contributed by atoms with E-state index in [1.807, 2.05) is 23.1 Å². The third-order valence-electron chi connectivity index (χ3n) is 8.97. The Morgan fingerprint density at radius 3 is 2.33 bits per heavy atom. The molecule has 2 heterocycles. The van der Waals surface area contributed by atoms with E-state index in [9.17, 15) is 30.0 Å². The van der Waals surface area contributed by atoms with Crippen molar-refractivity contribution in [2.75, 3.05) is 54.7 Å². The van der Waals surface area contributed by atoms with E-state index >= 15 is 0 Å². The Kier molecular flexibility index (Phi) is 11.8. The van der Waals surface area contributed by atoms with E-state index in [1.165, 1.54) is 24.8 Å². The zero-order chi connectivity index (χ0) is 33.1. The molecule has 2 aromatic rings. The number of benzene rings is 2. The number of aliphatic hydroxyl groups is 5. The maximum atomic E-state index is 13.9. The predicted octanol–water partition coefficient (Wildman–Crippen LogP) is 1.71. The van der Waals surface area contributed by atoms with Gasteiger partial charge >= 0.3 is 0 Å². The number of para-hydroxylation sites is 2. The van der Waals surface area contributed by atoms with Crippen LogP contribution in [0.15, 0.2) is 36.4 Å². The van der Waals surface area contributed by atoms with Gasteiger partial charge in [0, 0.05) is 67.4 Å². The Morgan fingerprint density at radius 2 is 1.63 bits per heavy atom. The molecule has 252 valence electrons. The highest BCUT2D eigenvalue weighted by atomic mass is 35.5. The van der Waals surface area contributed by atoms with Crippen LogP contribution in [0.2, 0.25) is 10.0 Å². The van der Waals surface area contributed by atoms with Gasteiger partial charge in [-0.2, -0.15) is 0 Å². The van der Waals surface area contributed by atoms with Gasteiger partial charge in [-0.05, 0) is 54.7 Å². The third kappa shape index (κ3) is 7.94. The summed E-state index contributed by atoms with van der Waals surface area (Å²) in [5.41, 5.74) is 3.56. The summed E-state index contributed by atoms with van der Waals surface area (Å²) in [6, 6.07) is 12.0. The van der Waals surface area contributed by atoms with Crippen LogP contribution in [0.3, 0.4) is 0 Å². The molecule has 5 atom stereocenters. The van der Waals surface area contributed by atoms with Gasteiger partial charge < -0.3 is 40.2 Å². The van der Waals surface area contributed by atoms with E-state index in [4.69, 9.17) is 28.3 Å². The molecule has 2 aromatic carbocycles. The average Bonchev–Trinajstić information content (AvgIpc) is 3.80. The summed E-state index contributed by atoms with van der Waals surface area (Å²) in [7, 11) is 1.45. The second-order valence-electron chi connectivity index (χ2n) is 12.3. The molecule has 0 aromatic heterocycles. The lowest BCUT2D eigenvalue weighted by molar-refractivity contribution is -0.137. The van der Waals surface area contributed by atoms with Crippen molar-refractivity contribution in [1.82, 2.24) is 9.80 Å². The van der Waals surface area contributed by atoms with E-state index in [1.54, 1.807) is 23.9 Å². The number of thioether (sulfide) groups is 1. The van der Waals surface area contributed by atoms with Crippen LogP contribution in [0.25, 0.3) is 0 Å². The van der Waals surface area contributed by atoms with E-state index in [2.05, 4.69) is 15.9 Å². The van der Waals surface area contributed by atoms with Crippen LogP contribution in [-0.4, -0.2) is 129 Å². The van der Waals surface area contributed by atoms with Crippen molar-refractivity contribution in [2.45, 2.75) is 68.7 Å². The molecule has 1 saturated heterocycles. The maximum Gasteiger partial charge on any atom is 0.245 e. The van der Waals surface area contributed by atoms with Gasteiger partial charge in [0.15, 0.2) is 0 Å². The first-order chi connectivity index (χ1) is 22.0. The first kappa shape index (κ1) is 35.2. The molecule has 2 aliphatic heterocycles. The number of carbonyl (C=O) groups excluding carboxylic acids is 2. The highest BCUT2D eigenvalue weighted by Gasteiger charge is 2.40. The quantitative estimate of drug-likeness (QED) is 0.210.